The lowest BCUT2D eigenvalue weighted by atomic mass is 10.0. The second kappa shape index (κ2) is 8.23. The summed E-state index contributed by atoms with van der Waals surface area (Å²) in [6, 6.07) is 7.06. The predicted molar refractivity (Wildman–Crippen MR) is 95.4 cm³/mol. The van der Waals surface area contributed by atoms with E-state index in [2.05, 4.69) is 5.32 Å². The van der Waals surface area contributed by atoms with Crippen LogP contribution < -0.4 is 10.1 Å². The van der Waals surface area contributed by atoms with Crippen molar-refractivity contribution in [3.8, 4) is 5.75 Å². The number of carbonyl (C=O) groups is 2. The molecule has 2 amide bonds. The number of nitrogens with one attached hydrogen (secondary N) is 1. The van der Waals surface area contributed by atoms with Gasteiger partial charge in [0.2, 0.25) is 5.91 Å². The molecule has 25 heavy (non-hydrogen) atoms. The molecule has 1 aliphatic rings. The Labute approximate surface area is 149 Å². The van der Waals surface area contributed by atoms with Crippen LogP contribution in [0.5, 0.6) is 5.75 Å². The number of hydrogen-bond acceptors (Lipinski definition) is 4. The highest BCUT2D eigenvalue weighted by atomic mass is 16.6. The van der Waals surface area contributed by atoms with Crippen LogP contribution in [0.25, 0.3) is 0 Å². The first kappa shape index (κ1) is 19.1. The third-order valence-electron chi connectivity index (χ3n) is 4.06. The second-order valence-corrected chi connectivity index (χ2v) is 7.25. The number of piperidine rings is 1. The Kier molecular flexibility index (Phi) is 6.28. The number of hydrogen-bond donors (Lipinski definition) is 1. The number of ether oxygens (including phenoxy) is 2. The molecule has 0 unspecified atom stereocenters. The van der Waals surface area contributed by atoms with E-state index in [0.717, 1.165) is 24.2 Å². The lowest BCUT2D eigenvalue weighted by Crippen LogP contribution is -2.52. The van der Waals surface area contributed by atoms with Gasteiger partial charge in [-0.2, -0.15) is 0 Å². The van der Waals surface area contributed by atoms with Crippen molar-refractivity contribution >= 4 is 12.0 Å². The Bertz CT molecular complexity index is 592. The maximum atomic E-state index is 12.6. The van der Waals surface area contributed by atoms with E-state index in [1.54, 1.807) is 12.0 Å². The molecule has 1 saturated heterocycles. The summed E-state index contributed by atoms with van der Waals surface area (Å²) in [7, 11) is 1.62. The minimum atomic E-state index is -0.571. The smallest absolute Gasteiger partial charge is 0.410 e. The maximum absolute atomic E-state index is 12.6. The normalized spacial score (nSPS) is 17.8. The Hall–Kier alpha value is -2.24. The molecule has 2 rings (SSSR count). The zero-order valence-corrected chi connectivity index (χ0v) is 15.5. The van der Waals surface area contributed by atoms with Crippen LogP contribution in [0.15, 0.2) is 24.3 Å². The van der Waals surface area contributed by atoms with Crippen molar-refractivity contribution in [1.82, 2.24) is 10.2 Å². The topological polar surface area (TPSA) is 67.9 Å². The van der Waals surface area contributed by atoms with Crippen LogP contribution in [0.3, 0.4) is 0 Å². The zero-order chi connectivity index (χ0) is 18.4. The molecule has 1 aliphatic heterocycles. The standard InChI is InChI=1S/C19H28N2O4/c1-19(2,3)25-18(23)21-12-6-5-7-16(21)17(22)20-13-14-8-10-15(24-4)11-9-14/h8-11,16H,5-7,12-13H2,1-4H3,(H,20,22)/t16-/m1/s1. The van der Waals surface area contributed by atoms with Crippen molar-refractivity contribution in [2.45, 2.75) is 58.2 Å². The van der Waals surface area contributed by atoms with Crippen LogP contribution in [0.4, 0.5) is 4.79 Å². The molecule has 0 radical (unpaired) electrons. The summed E-state index contributed by atoms with van der Waals surface area (Å²) >= 11 is 0. The summed E-state index contributed by atoms with van der Waals surface area (Å²) in [6.07, 6.45) is 2.06. The fourth-order valence-electron chi connectivity index (χ4n) is 2.79. The minimum Gasteiger partial charge on any atom is -0.497 e. The number of amides is 2. The molecule has 0 aromatic heterocycles. The predicted octanol–water partition coefficient (Wildman–Crippen LogP) is 3.10. The number of benzene rings is 1. The highest BCUT2D eigenvalue weighted by molar-refractivity contribution is 5.85. The van der Waals surface area contributed by atoms with Crippen LogP contribution in [0.2, 0.25) is 0 Å². The van der Waals surface area contributed by atoms with Gasteiger partial charge in [-0.15, -0.1) is 0 Å². The Morgan fingerprint density at radius 1 is 1.20 bits per heavy atom. The lowest BCUT2D eigenvalue weighted by Gasteiger charge is -2.35. The van der Waals surface area contributed by atoms with E-state index >= 15 is 0 Å². The van der Waals surface area contributed by atoms with Crippen molar-refractivity contribution in [3.05, 3.63) is 29.8 Å². The number of methoxy groups -OCH3 is 1. The number of rotatable bonds is 4. The van der Waals surface area contributed by atoms with E-state index < -0.39 is 17.7 Å². The monoisotopic (exact) mass is 348 g/mol. The largest absolute Gasteiger partial charge is 0.497 e. The fourth-order valence-corrected chi connectivity index (χ4v) is 2.79. The van der Waals surface area contributed by atoms with Gasteiger partial charge in [0.1, 0.15) is 17.4 Å². The quantitative estimate of drug-likeness (QED) is 0.908. The van der Waals surface area contributed by atoms with E-state index in [0.29, 0.717) is 19.5 Å². The molecule has 1 aromatic rings. The van der Waals surface area contributed by atoms with Crippen molar-refractivity contribution in [1.29, 1.82) is 0 Å². The summed E-state index contributed by atoms with van der Waals surface area (Å²) < 4.78 is 10.6. The third-order valence-corrected chi connectivity index (χ3v) is 4.06. The van der Waals surface area contributed by atoms with Crippen LogP contribution in [0, 0.1) is 0 Å². The molecule has 6 nitrogen and oxygen atoms in total. The van der Waals surface area contributed by atoms with E-state index in [4.69, 9.17) is 9.47 Å². The molecule has 0 aliphatic carbocycles. The van der Waals surface area contributed by atoms with Gasteiger partial charge in [0.15, 0.2) is 0 Å². The van der Waals surface area contributed by atoms with Gasteiger partial charge in [0, 0.05) is 13.1 Å². The van der Waals surface area contributed by atoms with Crippen molar-refractivity contribution < 1.29 is 19.1 Å². The van der Waals surface area contributed by atoms with Gasteiger partial charge in [-0.3, -0.25) is 9.69 Å². The third kappa shape index (κ3) is 5.66. The van der Waals surface area contributed by atoms with Gasteiger partial charge in [-0.1, -0.05) is 12.1 Å². The number of nitrogens with zero attached hydrogens (tertiary/aromatic N) is 1. The van der Waals surface area contributed by atoms with Gasteiger partial charge in [-0.05, 0) is 57.7 Å². The first-order valence-corrected chi connectivity index (χ1v) is 8.70. The molecule has 1 N–H and O–H groups in total. The van der Waals surface area contributed by atoms with E-state index in [1.807, 2.05) is 45.0 Å². The molecule has 0 saturated carbocycles. The summed E-state index contributed by atoms with van der Waals surface area (Å²) in [5.74, 6) is 0.639. The average molecular weight is 348 g/mol. The zero-order valence-electron chi connectivity index (χ0n) is 15.5. The van der Waals surface area contributed by atoms with Gasteiger partial charge < -0.3 is 14.8 Å². The Morgan fingerprint density at radius 3 is 2.48 bits per heavy atom. The number of likely N-dealkylation sites (tertiary alicyclic amines) is 1. The SMILES string of the molecule is COc1ccc(CNC(=O)[C@H]2CCCCN2C(=O)OC(C)(C)C)cc1. The molecule has 138 valence electrons. The van der Waals surface area contributed by atoms with Gasteiger partial charge in [-0.25, -0.2) is 4.79 Å². The summed E-state index contributed by atoms with van der Waals surface area (Å²) in [6.45, 7) is 6.45. The van der Waals surface area contributed by atoms with E-state index in [9.17, 15) is 9.59 Å². The maximum Gasteiger partial charge on any atom is 0.410 e. The molecule has 1 fully saturated rings. The molecular formula is C19H28N2O4. The molecule has 0 bridgehead atoms. The van der Waals surface area contributed by atoms with Crippen LogP contribution in [-0.2, 0) is 16.1 Å². The minimum absolute atomic E-state index is 0.138. The molecule has 1 aromatic carbocycles. The van der Waals surface area contributed by atoms with Crippen LogP contribution in [-0.4, -0.2) is 42.2 Å². The van der Waals surface area contributed by atoms with E-state index in [1.165, 1.54) is 0 Å². The summed E-state index contributed by atoms with van der Waals surface area (Å²) in [5, 5.41) is 2.92. The second-order valence-electron chi connectivity index (χ2n) is 7.25. The number of carbonyl (C=O) groups excluding carboxylic acids is 2. The van der Waals surface area contributed by atoms with Gasteiger partial charge in [0.05, 0.1) is 7.11 Å². The van der Waals surface area contributed by atoms with Crippen molar-refractivity contribution in [3.63, 3.8) is 0 Å². The fraction of sp³-hybridized carbons (Fsp3) is 0.579. The first-order chi connectivity index (χ1) is 11.8. The lowest BCUT2D eigenvalue weighted by molar-refractivity contribution is -0.127. The van der Waals surface area contributed by atoms with Gasteiger partial charge in [0.25, 0.3) is 0 Å². The first-order valence-electron chi connectivity index (χ1n) is 8.70. The van der Waals surface area contributed by atoms with Crippen molar-refractivity contribution in [2.75, 3.05) is 13.7 Å². The molecule has 0 spiro atoms. The molecule has 1 heterocycles. The van der Waals surface area contributed by atoms with Crippen LogP contribution >= 0.6 is 0 Å². The van der Waals surface area contributed by atoms with Crippen molar-refractivity contribution in [2.24, 2.45) is 0 Å². The summed E-state index contributed by atoms with van der Waals surface area (Å²) in [4.78, 5) is 26.5. The highest BCUT2D eigenvalue weighted by Crippen LogP contribution is 2.21. The molecular weight excluding hydrogens is 320 g/mol. The Morgan fingerprint density at radius 2 is 1.88 bits per heavy atom. The van der Waals surface area contributed by atoms with Gasteiger partial charge >= 0.3 is 6.09 Å². The Balaban J connectivity index is 1.96. The van der Waals surface area contributed by atoms with E-state index in [-0.39, 0.29) is 5.91 Å². The highest BCUT2D eigenvalue weighted by Gasteiger charge is 2.34. The summed E-state index contributed by atoms with van der Waals surface area (Å²) in [5.41, 5.74) is 0.410. The molecule has 6 heteroatoms. The average Bonchev–Trinajstić information content (AvgIpc) is 2.58. The van der Waals surface area contributed by atoms with Crippen LogP contribution in [0.1, 0.15) is 45.6 Å². The molecule has 1 atom stereocenters.